The summed E-state index contributed by atoms with van der Waals surface area (Å²) in [7, 11) is 0. The summed E-state index contributed by atoms with van der Waals surface area (Å²) >= 11 is 0. The Morgan fingerprint density at radius 1 is 1.11 bits per heavy atom. The first-order valence-electron chi connectivity index (χ1n) is 11.0. The van der Waals surface area contributed by atoms with Crippen LogP contribution in [-0.4, -0.2) is 40.3 Å². The molecule has 0 aromatic heterocycles. The summed E-state index contributed by atoms with van der Waals surface area (Å²) in [6.07, 6.45) is 7.48. The van der Waals surface area contributed by atoms with Gasteiger partial charge in [-0.25, -0.2) is 4.79 Å². The lowest BCUT2D eigenvalue weighted by molar-refractivity contribution is -0.206. The average Bonchev–Trinajstić information content (AvgIpc) is 3.16. The second-order valence-corrected chi connectivity index (χ2v) is 10.7. The minimum atomic E-state index is -0.868. The Morgan fingerprint density at radius 3 is 2.61 bits per heavy atom. The minimum Gasteiger partial charge on any atom is -0.458 e. The summed E-state index contributed by atoms with van der Waals surface area (Å²) in [5.74, 6) is 0.272. The van der Waals surface area contributed by atoms with Crippen molar-refractivity contribution in [2.24, 2.45) is 34.5 Å². The average molecular weight is 389 g/mol. The Kier molecular flexibility index (Phi) is 3.97. The summed E-state index contributed by atoms with van der Waals surface area (Å²) in [5, 5.41) is 22.2. The number of Topliss-reactive ketones (excluding diaryl/α,β-unsaturated/α-hetero) is 1. The molecule has 0 radical (unpaired) electrons. The number of rotatable bonds is 1. The second-order valence-electron chi connectivity index (χ2n) is 10.7. The lowest BCUT2D eigenvalue weighted by Gasteiger charge is -2.62. The van der Waals surface area contributed by atoms with E-state index >= 15 is 0 Å². The highest BCUT2D eigenvalue weighted by Crippen LogP contribution is 2.68. The van der Waals surface area contributed by atoms with Crippen molar-refractivity contribution in [3.05, 3.63) is 11.6 Å². The van der Waals surface area contributed by atoms with Gasteiger partial charge in [-0.05, 0) is 73.7 Å². The molecular weight excluding hydrogens is 356 g/mol. The number of carbonyl (C=O) groups is 2. The number of hydrogen-bond donors (Lipinski definition) is 2. The fourth-order valence-corrected chi connectivity index (χ4v) is 8.18. The summed E-state index contributed by atoms with van der Waals surface area (Å²) in [5.41, 5.74) is -0.551. The van der Waals surface area contributed by atoms with Crippen molar-refractivity contribution in [3.63, 3.8) is 0 Å². The number of hydrogen-bond acceptors (Lipinski definition) is 5. The van der Waals surface area contributed by atoms with E-state index in [1.165, 1.54) is 0 Å². The van der Waals surface area contributed by atoms with Crippen LogP contribution in [0.4, 0.5) is 0 Å². The van der Waals surface area contributed by atoms with Crippen LogP contribution in [0.25, 0.3) is 0 Å². The fourth-order valence-electron chi connectivity index (χ4n) is 8.18. The number of aliphatic hydroxyl groups is 2. The minimum absolute atomic E-state index is 0.0149. The van der Waals surface area contributed by atoms with Crippen molar-refractivity contribution in [2.45, 2.75) is 76.9 Å². The second kappa shape index (κ2) is 5.91. The monoisotopic (exact) mass is 388 g/mol. The van der Waals surface area contributed by atoms with Crippen LogP contribution in [0.3, 0.4) is 0 Å². The number of esters is 1. The maximum atomic E-state index is 13.6. The van der Waals surface area contributed by atoms with Crippen LogP contribution < -0.4 is 0 Å². The molecule has 0 saturated heterocycles. The molecule has 28 heavy (non-hydrogen) atoms. The van der Waals surface area contributed by atoms with Gasteiger partial charge in [0.2, 0.25) is 0 Å². The van der Waals surface area contributed by atoms with Crippen molar-refractivity contribution < 1.29 is 24.5 Å². The molecule has 5 aliphatic rings. The van der Waals surface area contributed by atoms with Gasteiger partial charge in [0.05, 0.1) is 11.7 Å². The molecule has 5 heteroatoms. The van der Waals surface area contributed by atoms with E-state index in [9.17, 15) is 19.8 Å². The summed E-state index contributed by atoms with van der Waals surface area (Å²) in [6, 6.07) is 0. The van der Waals surface area contributed by atoms with E-state index in [-0.39, 0.29) is 35.2 Å². The molecule has 4 saturated carbocycles. The first-order chi connectivity index (χ1) is 13.2. The normalized spacial score (nSPS) is 53.1. The Labute approximate surface area is 166 Å². The van der Waals surface area contributed by atoms with E-state index < -0.39 is 11.0 Å². The lowest BCUT2D eigenvalue weighted by atomic mass is 9.43. The Balaban J connectivity index is 1.52. The molecule has 0 amide bonds. The van der Waals surface area contributed by atoms with Gasteiger partial charge < -0.3 is 14.9 Å². The number of ketones is 1. The molecule has 8 atom stereocenters. The van der Waals surface area contributed by atoms with Crippen LogP contribution in [0, 0.1) is 34.5 Å². The van der Waals surface area contributed by atoms with Gasteiger partial charge in [0, 0.05) is 23.8 Å². The topological polar surface area (TPSA) is 83.8 Å². The zero-order chi connectivity index (χ0) is 19.9. The number of cyclic esters (lactones) is 1. The summed E-state index contributed by atoms with van der Waals surface area (Å²) in [4.78, 5) is 25.2. The van der Waals surface area contributed by atoms with Crippen LogP contribution in [0.5, 0.6) is 0 Å². The molecule has 0 spiro atoms. The first kappa shape index (κ1) is 18.8. The maximum absolute atomic E-state index is 13.6. The van der Waals surface area contributed by atoms with Gasteiger partial charge in [-0.3, -0.25) is 4.79 Å². The summed E-state index contributed by atoms with van der Waals surface area (Å²) < 4.78 is 5.14. The first-order valence-corrected chi connectivity index (χ1v) is 11.0. The Morgan fingerprint density at radius 2 is 1.89 bits per heavy atom. The van der Waals surface area contributed by atoms with Crippen molar-refractivity contribution in [3.8, 4) is 0 Å². The van der Waals surface area contributed by atoms with Crippen LogP contribution in [-0.2, 0) is 14.3 Å². The Bertz CT molecular complexity index is 758. The molecule has 4 fully saturated rings. The Hall–Kier alpha value is -1.20. The zero-order valence-electron chi connectivity index (χ0n) is 16.9. The van der Waals surface area contributed by atoms with E-state index in [0.717, 1.165) is 44.1 Å². The molecule has 1 aliphatic heterocycles. The van der Waals surface area contributed by atoms with Crippen LogP contribution in [0.1, 0.15) is 65.2 Å². The molecule has 5 rings (SSSR count). The number of fused-ring (bicyclic) bond motifs is 5. The van der Waals surface area contributed by atoms with E-state index in [2.05, 4.69) is 13.8 Å². The number of aliphatic hydroxyl groups excluding tert-OH is 1. The van der Waals surface area contributed by atoms with Gasteiger partial charge in [0.1, 0.15) is 12.4 Å². The third-order valence-electron chi connectivity index (χ3n) is 9.65. The van der Waals surface area contributed by atoms with E-state index in [0.29, 0.717) is 31.1 Å². The highest BCUT2D eigenvalue weighted by atomic mass is 16.5. The van der Waals surface area contributed by atoms with Crippen LogP contribution >= 0.6 is 0 Å². The lowest BCUT2D eigenvalue weighted by Crippen LogP contribution is -2.65. The molecule has 154 valence electrons. The number of ether oxygens (including phenoxy) is 1. The van der Waals surface area contributed by atoms with E-state index in [1.54, 1.807) is 6.08 Å². The SMILES string of the molecule is C[C@]12CC[C@H](O)C[C@@H]1CC[C@H]1[C@H]2C(=O)C[C@@]2(C)[C@H](C3=CC(=O)OC3)CC[C@]12O. The largest absolute Gasteiger partial charge is 0.458 e. The highest BCUT2D eigenvalue weighted by molar-refractivity contribution is 5.86. The predicted octanol–water partition coefficient (Wildman–Crippen LogP) is 2.78. The molecule has 0 aromatic rings. The van der Waals surface area contributed by atoms with Crippen molar-refractivity contribution in [2.75, 3.05) is 6.61 Å². The molecule has 5 nitrogen and oxygen atoms in total. The molecule has 4 aliphatic carbocycles. The highest BCUT2D eigenvalue weighted by Gasteiger charge is 2.70. The third-order valence-corrected chi connectivity index (χ3v) is 9.65. The van der Waals surface area contributed by atoms with Crippen molar-refractivity contribution in [1.29, 1.82) is 0 Å². The molecule has 1 heterocycles. The van der Waals surface area contributed by atoms with Gasteiger partial charge in [0.15, 0.2) is 0 Å². The third kappa shape index (κ3) is 2.26. The number of carbonyl (C=O) groups excluding carboxylic acids is 2. The standard InChI is InChI=1S/C23H32O5/c1-21-7-5-15(24)10-14(21)3-4-17-20(21)18(25)11-22(2)16(6-8-23(17,22)27)13-9-19(26)28-12-13/h9,14-17,20,24,27H,3-8,10-12H2,1-2H3/t14-,15-,16-,17-,20-,21-,22-,23-/m0/s1. The van der Waals surface area contributed by atoms with Gasteiger partial charge in [-0.1, -0.05) is 13.8 Å². The van der Waals surface area contributed by atoms with Crippen molar-refractivity contribution in [1.82, 2.24) is 0 Å². The molecule has 2 N–H and O–H groups in total. The van der Waals surface area contributed by atoms with E-state index in [4.69, 9.17) is 4.74 Å². The van der Waals surface area contributed by atoms with Gasteiger partial charge in [-0.2, -0.15) is 0 Å². The summed E-state index contributed by atoms with van der Waals surface area (Å²) in [6.45, 7) is 4.61. The van der Waals surface area contributed by atoms with Gasteiger partial charge in [0.25, 0.3) is 0 Å². The van der Waals surface area contributed by atoms with Crippen LogP contribution in [0.15, 0.2) is 11.6 Å². The molecule has 0 bridgehead atoms. The van der Waals surface area contributed by atoms with Gasteiger partial charge >= 0.3 is 5.97 Å². The van der Waals surface area contributed by atoms with Crippen molar-refractivity contribution >= 4 is 11.8 Å². The molecule has 0 unspecified atom stereocenters. The fraction of sp³-hybridized carbons (Fsp3) is 0.826. The zero-order valence-corrected chi connectivity index (χ0v) is 16.9. The van der Waals surface area contributed by atoms with E-state index in [1.807, 2.05) is 0 Å². The van der Waals surface area contributed by atoms with Gasteiger partial charge in [-0.15, -0.1) is 0 Å². The predicted molar refractivity (Wildman–Crippen MR) is 102 cm³/mol. The van der Waals surface area contributed by atoms with Crippen LogP contribution in [0.2, 0.25) is 0 Å². The smallest absolute Gasteiger partial charge is 0.331 e. The maximum Gasteiger partial charge on any atom is 0.331 e. The molecule has 0 aromatic carbocycles. The molecular formula is C23H32O5. The quantitative estimate of drug-likeness (QED) is 0.675.